The van der Waals surface area contributed by atoms with Crippen LogP contribution < -0.4 is 30.3 Å². The summed E-state index contributed by atoms with van der Waals surface area (Å²) in [7, 11) is 6.94. The van der Waals surface area contributed by atoms with Crippen molar-refractivity contribution < 1.29 is 19.5 Å². The van der Waals surface area contributed by atoms with Gasteiger partial charge in [-0.3, -0.25) is 4.79 Å². The summed E-state index contributed by atoms with van der Waals surface area (Å²) in [5, 5.41) is 5.52. The molecule has 0 saturated heterocycles. The van der Waals surface area contributed by atoms with Crippen LogP contribution in [0.3, 0.4) is 0 Å². The molecule has 1 aliphatic rings. The highest BCUT2D eigenvalue weighted by atomic mass is 16.5. The van der Waals surface area contributed by atoms with Crippen LogP contribution in [0.5, 0.6) is 17.2 Å². The minimum Gasteiger partial charge on any atom is -0.493 e. The number of nitrogens with two attached hydrogens (primary N) is 1. The molecule has 0 amide bonds. The van der Waals surface area contributed by atoms with Gasteiger partial charge in [0.15, 0.2) is 11.5 Å². The van der Waals surface area contributed by atoms with E-state index >= 15 is 0 Å². The van der Waals surface area contributed by atoms with Gasteiger partial charge in [-0.05, 0) is 47.7 Å². The van der Waals surface area contributed by atoms with Crippen molar-refractivity contribution in [2.75, 3.05) is 40.2 Å². The second-order valence-corrected chi connectivity index (χ2v) is 8.44. The van der Waals surface area contributed by atoms with E-state index in [2.05, 4.69) is 29.8 Å². The molecule has 0 saturated carbocycles. The Morgan fingerprint density at radius 1 is 0.971 bits per heavy atom. The van der Waals surface area contributed by atoms with Crippen molar-refractivity contribution in [2.24, 2.45) is 0 Å². The van der Waals surface area contributed by atoms with Crippen molar-refractivity contribution in [2.45, 2.75) is 25.3 Å². The van der Waals surface area contributed by atoms with Crippen LogP contribution in [0.15, 0.2) is 59.4 Å². The van der Waals surface area contributed by atoms with E-state index in [-0.39, 0.29) is 11.5 Å². The Balaban J connectivity index is 1.81. The monoisotopic (exact) mass is 461 g/mol. The number of nitrogens with one attached hydrogen (secondary N) is 1. The maximum atomic E-state index is 13.2. The van der Waals surface area contributed by atoms with E-state index in [1.165, 1.54) is 5.56 Å². The number of ether oxygens (including phenoxy) is 3. The van der Waals surface area contributed by atoms with Crippen LogP contribution in [0.2, 0.25) is 0 Å². The molecule has 0 bridgehead atoms. The van der Waals surface area contributed by atoms with Gasteiger partial charge in [-0.25, -0.2) is 0 Å². The van der Waals surface area contributed by atoms with Crippen LogP contribution in [-0.2, 0) is 12.8 Å². The highest BCUT2D eigenvalue weighted by molar-refractivity contribution is 5.82. The lowest BCUT2D eigenvalue weighted by atomic mass is 9.95. The predicted molar refractivity (Wildman–Crippen MR) is 135 cm³/mol. The Morgan fingerprint density at radius 2 is 1.74 bits per heavy atom. The van der Waals surface area contributed by atoms with E-state index in [9.17, 15) is 4.79 Å². The van der Waals surface area contributed by atoms with Gasteiger partial charge in [-0.1, -0.05) is 36.4 Å². The number of benzene rings is 2. The van der Waals surface area contributed by atoms with Crippen molar-refractivity contribution in [3.63, 3.8) is 0 Å². The van der Waals surface area contributed by atoms with E-state index < -0.39 is 0 Å². The fourth-order valence-corrected chi connectivity index (χ4v) is 4.82. The number of fused-ring (bicyclic) bond motifs is 3. The van der Waals surface area contributed by atoms with Crippen molar-refractivity contribution in [1.29, 1.82) is 0 Å². The zero-order valence-electron chi connectivity index (χ0n) is 20.3. The fourth-order valence-electron chi connectivity index (χ4n) is 4.82. The van der Waals surface area contributed by atoms with E-state index in [0.717, 1.165) is 41.5 Å². The fraction of sp³-hybridized carbons (Fsp3) is 0.321. The van der Waals surface area contributed by atoms with Gasteiger partial charge in [0.25, 0.3) is 0 Å². The third-order valence-electron chi connectivity index (χ3n) is 6.56. The first-order chi connectivity index (χ1) is 16.6. The van der Waals surface area contributed by atoms with Gasteiger partial charge in [-0.15, -0.1) is 0 Å². The number of methoxy groups -OCH3 is 3. The first-order valence-electron chi connectivity index (χ1n) is 11.7. The first-order valence-corrected chi connectivity index (χ1v) is 11.7. The molecule has 178 valence electrons. The molecule has 0 unspecified atom stereocenters. The smallest absolute Gasteiger partial charge is 0.203 e. The van der Waals surface area contributed by atoms with E-state index in [0.29, 0.717) is 29.5 Å². The van der Waals surface area contributed by atoms with Crippen molar-refractivity contribution in [3.05, 3.63) is 81.5 Å². The average molecular weight is 462 g/mol. The number of aryl methyl sites for hydroxylation is 1. The third-order valence-corrected chi connectivity index (χ3v) is 6.56. The summed E-state index contributed by atoms with van der Waals surface area (Å²) in [6.45, 7) is 0.683. The molecule has 0 heterocycles. The molecule has 4 rings (SSSR count). The number of hydrogen-bond acceptors (Lipinski definition) is 5. The summed E-state index contributed by atoms with van der Waals surface area (Å²) < 4.78 is 17.1. The van der Waals surface area contributed by atoms with Crippen molar-refractivity contribution in [3.8, 4) is 28.4 Å². The summed E-state index contributed by atoms with van der Waals surface area (Å²) in [6.07, 6.45) is 2.59. The topological polar surface area (TPSA) is 73.4 Å². The maximum absolute atomic E-state index is 13.2. The van der Waals surface area contributed by atoms with Crippen molar-refractivity contribution in [1.82, 2.24) is 0 Å². The molecular weight excluding hydrogens is 428 g/mol. The molecule has 3 aromatic carbocycles. The molecular formula is C28H33N2O4+. The molecule has 6 heteroatoms. The minimum atomic E-state index is -0.0101. The SMILES string of the molecule is C[NH2+][C@H]1CCc2cc(OC)c(OC)c(OC)c2-c2ccc(NCCc3ccccc3)c(=O)cc21. The average Bonchev–Trinajstić information content (AvgIpc) is 3.11. The highest BCUT2D eigenvalue weighted by Gasteiger charge is 2.29. The predicted octanol–water partition coefficient (Wildman–Crippen LogP) is 3.57. The van der Waals surface area contributed by atoms with E-state index in [1.807, 2.05) is 36.4 Å². The molecule has 3 N–H and O–H groups in total. The van der Waals surface area contributed by atoms with Crippen LogP contribution in [0.4, 0.5) is 5.69 Å². The van der Waals surface area contributed by atoms with Gasteiger partial charge in [0.1, 0.15) is 6.04 Å². The Morgan fingerprint density at radius 3 is 2.41 bits per heavy atom. The molecule has 3 aromatic rings. The minimum absolute atomic E-state index is 0.0101. The highest BCUT2D eigenvalue weighted by Crippen LogP contribution is 2.49. The lowest BCUT2D eigenvalue weighted by Crippen LogP contribution is -2.81. The second kappa shape index (κ2) is 10.6. The van der Waals surface area contributed by atoms with Crippen LogP contribution in [0.1, 0.15) is 29.2 Å². The number of hydrogen-bond donors (Lipinski definition) is 2. The van der Waals surface area contributed by atoms with Crippen LogP contribution in [-0.4, -0.2) is 34.9 Å². The summed E-state index contributed by atoms with van der Waals surface area (Å²) in [5.74, 6) is 1.84. The van der Waals surface area contributed by atoms with Gasteiger partial charge < -0.3 is 24.8 Å². The van der Waals surface area contributed by atoms with Crippen LogP contribution in [0.25, 0.3) is 11.1 Å². The standard InChI is InChI=1S/C28H32N2O4/c1-29-22-12-10-19-16-25(32-2)27(33-3)28(34-4)26(19)20-11-13-23(24(31)17-21(20)22)30-15-14-18-8-6-5-7-9-18/h5-9,11,13,16-17,22,29H,10,12,14-15H2,1-4H3,(H,30,31)/p+1/t22-/m0/s1. The van der Waals surface area contributed by atoms with Gasteiger partial charge in [0, 0.05) is 24.1 Å². The normalized spacial score (nSPS) is 14.4. The summed E-state index contributed by atoms with van der Waals surface area (Å²) in [6, 6.07) is 18.2. The Bertz CT molecular complexity index is 1210. The van der Waals surface area contributed by atoms with E-state index in [4.69, 9.17) is 14.2 Å². The number of quaternary nitrogens is 1. The first kappa shape index (κ1) is 23.6. The van der Waals surface area contributed by atoms with Crippen LogP contribution >= 0.6 is 0 Å². The Hall–Kier alpha value is -3.51. The maximum Gasteiger partial charge on any atom is 0.203 e. The Kier molecular flexibility index (Phi) is 7.38. The molecule has 0 spiro atoms. The van der Waals surface area contributed by atoms with Crippen LogP contribution in [0, 0.1) is 0 Å². The molecule has 0 aromatic heterocycles. The van der Waals surface area contributed by atoms with Gasteiger partial charge >= 0.3 is 0 Å². The molecule has 0 radical (unpaired) electrons. The number of anilines is 1. The lowest BCUT2D eigenvalue weighted by molar-refractivity contribution is -0.670. The van der Waals surface area contributed by atoms with Gasteiger partial charge in [0.05, 0.1) is 34.1 Å². The molecule has 0 fully saturated rings. The Labute approximate surface area is 200 Å². The molecule has 1 atom stereocenters. The summed E-state index contributed by atoms with van der Waals surface area (Å²) >= 11 is 0. The van der Waals surface area contributed by atoms with Gasteiger partial charge in [-0.2, -0.15) is 0 Å². The number of rotatable bonds is 8. The molecule has 34 heavy (non-hydrogen) atoms. The molecule has 6 nitrogen and oxygen atoms in total. The molecule has 0 aliphatic heterocycles. The largest absolute Gasteiger partial charge is 0.493 e. The zero-order valence-corrected chi connectivity index (χ0v) is 20.3. The lowest BCUT2D eigenvalue weighted by Gasteiger charge is -2.19. The van der Waals surface area contributed by atoms with E-state index in [1.54, 1.807) is 27.4 Å². The zero-order chi connectivity index (χ0) is 24.1. The summed E-state index contributed by atoms with van der Waals surface area (Å²) in [4.78, 5) is 13.2. The van der Waals surface area contributed by atoms with Gasteiger partial charge in [0.2, 0.25) is 11.2 Å². The summed E-state index contributed by atoms with van der Waals surface area (Å²) in [5.41, 5.74) is 5.90. The third kappa shape index (κ3) is 4.59. The van der Waals surface area contributed by atoms with Crippen molar-refractivity contribution >= 4 is 5.69 Å². The molecule has 1 aliphatic carbocycles. The quantitative estimate of drug-likeness (QED) is 0.537. The second-order valence-electron chi connectivity index (χ2n) is 8.44.